The summed E-state index contributed by atoms with van der Waals surface area (Å²) in [5, 5.41) is 21.2. The summed E-state index contributed by atoms with van der Waals surface area (Å²) < 4.78 is 0. The minimum atomic E-state index is -1.19. The molecule has 0 aromatic carbocycles. The predicted octanol–water partition coefficient (Wildman–Crippen LogP) is 2.04. The van der Waals surface area contributed by atoms with E-state index in [9.17, 15) is 19.5 Å². The second kappa shape index (κ2) is 12.1. The number of carbonyl (C=O) groups is 3. The molecule has 128 valence electrons. The molecule has 0 bridgehead atoms. The van der Waals surface area contributed by atoms with E-state index in [4.69, 9.17) is 5.11 Å². The molecule has 0 spiro atoms. The Morgan fingerprint density at radius 2 is 1.68 bits per heavy atom. The van der Waals surface area contributed by atoms with E-state index in [1.807, 2.05) is 13.8 Å². The van der Waals surface area contributed by atoms with Crippen molar-refractivity contribution in [3.05, 3.63) is 0 Å². The maximum atomic E-state index is 11.7. The van der Waals surface area contributed by atoms with Gasteiger partial charge in [0.15, 0.2) is 0 Å². The number of aliphatic hydroxyl groups excluding tert-OH is 1. The molecule has 2 atom stereocenters. The van der Waals surface area contributed by atoms with Gasteiger partial charge in [-0.2, -0.15) is 0 Å². The molecule has 3 N–H and O–H groups in total. The van der Waals surface area contributed by atoms with E-state index in [1.54, 1.807) is 0 Å². The summed E-state index contributed by atoms with van der Waals surface area (Å²) in [5.74, 6) is -1.96. The fraction of sp³-hybridized carbons (Fsp3) is 0.812. The van der Waals surface area contributed by atoms with Crippen LogP contribution in [0.15, 0.2) is 0 Å². The van der Waals surface area contributed by atoms with Crippen molar-refractivity contribution in [1.82, 2.24) is 5.32 Å². The number of carboxylic acid groups (broad SMARTS) is 1. The molecule has 0 radical (unpaired) electrons. The van der Waals surface area contributed by atoms with E-state index >= 15 is 0 Å². The van der Waals surface area contributed by atoms with Crippen molar-refractivity contribution >= 4 is 17.7 Å². The van der Waals surface area contributed by atoms with Gasteiger partial charge in [-0.25, -0.2) is 4.79 Å². The summed E-state index contributed by atoms with van der Waals surface area (Å²) in [7, 11) is 0. The highest BCUT2D eigenvalue weighted by atomic mass is 16.4. The van der Waals surface area contributed by atoms with Crippen molar-refractivity contribution in [2.45, 2.75) is 83.8 Å². The standard InChI is InChI=1S/C16H29NO5/c1-3-5-7-9-13(19)11-15(20)17-14(16(21)22)10-12(18)8-6-4-2/h12,14,18H,3-11H2,1-2H3,(H,17,20)(H,21,22)/t12?,14-/m0/s1. The van der Waals surface area contributed by atoms with Gasteiger partial charge in [0.25, 0.3) is 0 Å². The van der Waals surface area contributed by atoms with E-state index in [2.05, 4.69) is 5.32 Å². The van der Waals surface area contributed by atoms with Gasteiger partial charge < -0.3 is 15.5 Å². The van der Waals surface area contributed by atoms with Gasteiger partial charge >= 0.3 is 5.97 Å². The summed E-state index contributed by atoms with van der Waals surface area (Å²) in [6, 6.07) is -1.15. The fourth-order valence-corrected chi connectivity index (χ4v) is 2.14. The van der Waals surface area contributed by atoms with Gasteiger partial charge in [-0.1, -0.05) is 39.5 Å². The number of ketones is 1. The number of aliphatic carboxylic acids is 1. The molecule has 1 amide bonds. The molecule has 0 fully saturated rings. The van der Waals surface area contributed by atoms with Crippen LogP contribution in [0.1, 0.15) is 71.6 Å². The third-order valence-electron chi connectivity index (χ3n) is 3.45. The number of unbranched alkanes of at least 4 members (excludes halogenated alkanes) is 3. The maximum Gasteiger partial charge on any atom is 0.326 e. The Hall–Kier alpha value is -1.43. The maximum absolute atomic E-state index is 11.7. The minimum Gasteiger partial charge on any atom is -0.480 e. The summed E-state index contributed by atoms with van der Waals surface area (Å²) in [6.07, 6.45) is 4.16. The van der Waals surface area contributed by atoms with Crippen molar-refractivity contribution in [2.24, 2.45) is 0 Å². The molecular weight excluding hydrogens is 286 g/mol. The normalized spacial score (nSPS) is 13.4. The summed E-state index contributed by atoms with van der Waals surface area (Å²) >= 11 is 0. The van der Waals surface area contributed by atoms with Crippen molar-refractivity contribution in [2.75, 3.05) is 0 Å². The second-order valence-electron chi connectivity index (χ2n) is 5.66. The Bertz CT molecular complexity index is 356. The molecule has 6 nitrogen and oxygen atoms in total. The molecule has 0 aliphatic rings. The molecule has 6 heteroatoms. The molecule has 0 aliphatic carbocycles. The Balaban J connectivity index is 4.23. The van der Waals surface area contributed by atoms with Gasteiger partial charge in [-0.3, -0.25) is 9.59 Å². The first-order valence-corrected chi connectivity index (χ1v) is 8.12. The summed E-state index contributed by atoms with van der Waals surface area (Å²) in [4.78, 5) is 34.4. The number of hydrogen-bond donors (Lipinski definition) is 3. The Labute approximate surface area is 132 Å². The molecule has 0 aromatic rings. The van der Waals surface area contributed by atoms with Crippen LogP contribution in [0.2, 0.25) is 0 Å². The number of aliphatic hydroxyl groups is 1. The van der Waals surface area contributed by atoms with Crippen LogP contribution in [0.3, 0.4) is 0 Å². The van der Waals surface area contributed by atoms with Crippen LogP contribution in [-0.4, -0.2) is 40.0 Å². The number of nitrogens with one attached hydrogen (secondary N) is 1. The molecule has 0 saturated heterocycles. The minimum absolute atomic E-state index is 0.0366. The smallest absolute Gasteiger partial charge is 0.326 e. The van der Waals surface area contributed by atoms with Gasteiger partial charge in [0, 0.05) is 12.8 Å². The Morgan fingerprint density at radius 1 is 1.05 bits per heavy atom. The molecule has 0 saturated carbocycles. The first-order valence-electron chi connectivity index (χ1n) is 8.12. The first kappa shape index (κ1) is 20.6. The van der Waals surface area contributed by atoms with E-state index in [-0.39, 0.29) is 18.6 Å². The lowest BCUT2D eigenvalue weighted by molar-refractivity contribution is -0.143. The zero-order valence-electron chi connectivity index (χ0n) is 13.6. The number of Topliss-reactive ketones (excluding diaryl/α,β-unsaturated/α-hetero) is 1. The largest absolute Gasteiger partial charge is 0.480 e. The number of carboxylic acids is 1. The van der Waals surface area contributed by atoms with Crippen LogP contribution in [-0.2, 0) is 14.4 Å². The zero-order chi connectivity index (χ0) is 17.0. The highest BCUT2D eigenvalue weighted by Crippen LogP contribution is 2.08. The number of hydrogen-bond acceptors (Lipinski definition) is 4. The van der Waals surface area contributed by atoms with E-state index in [0.29, 0.717) is 12.8 Å². The fourth-order valence-electron chi connectivity index (χ4n) is 2.14. The molecule has 0 rings (SSSR count). The van der Waals surface area contributed by atoms with E-state index in [1.165, 1.54) is 0 Å². The van der Waals surface area contributed by atoms with Crippen LogP contribution >= 0.6 is 0 Å². The molecule has 1 unspecified atom stereocenters. The molecule has 0 aliphatic heterocycles. The molecule has 0 heterocycles. The van der Waals surface area contributed by atoms with E-state index < -0.39 is 24.0 Å². The lowest BCUT2D eigenvalue weighted by atomic mass is 10.0. The average Bonchev–Trinajstić information content (AvgIpc) is 2.44. The predicted molar refractivity (Wildman–Crippen MR) is 83.5 cm³/mol. The quantitative estimate of drug-likeness (QED) is 0.356. The van der Waals surface area contributed by atoms with Crippen molar-refractivity contribution < 1.29 is 24.6 Å². The van der Waals surface area contributed by atoms with Crippen molar-refractivity contribution in [3.8, 4) is 0 Å². The topological polar surface area (TPSA) is 104 Å². The zero-order valence-corrected chi connectivity index (χ0v) is 13.6. The number of carbonyl (C=O) groups excluding carboxylic acids is 2. The summed E-state index contributed by atoms with van der Waals surface area (Å²) in [5.41, 5.74) is 0. The van der Waals surface area contributed by atoms with Crippen LogP contribution in [0.4, 0.5) is 0 Å². The molecule has 0 aromatic heterocycles. The first-order chi connectivity index (χ1) is 10.4. The average molecular weight is 315 g/mol. The van der Waals surface area contributed by atoms with Gasteiger partial charge in [0.1, 0.15) is 11.8 Å². The number of amides is 1. The number of rotatable bonds is 13. The Morgan fingerprint density at radius 3 is 2.23 bits per heavy atom. The van der Waals surface area contributed by atoms with E-state index in [0.717, 1.165) is 32.1 Å². The molecular formula is C16H29NO5. The van der Waals surface area contributed by atoms with Crippen LogP contribution in [0, 0.1) is 0 Å². The Kier molecular flexibility index (Phi) is 11.4. The van der Waals surface area contributed by atoms with Crippen molar-refractivity contribution in [3.63, 3.8) is 0 Å². The van der Waals surface area contributed by atoms with Gasteiger partial charge in [-0.15, -0.1) is 0 Å². The lowest BCUT2D eigenvalue weighted by Gasteiger charge is -2.18. The highest BCUT2D eigenvalue weighted by Gasteiger charge is 2.23. The van der Waals surface area contributed by atoms with Gasteiger partial charge in [0.05, 0.1) is 12.5 Å². The molecule has 22 heavy (non-hydrogen) atoms. The lowest BCUT2D eigenvalue weighted by Crippen LogP contribution is -2.43. The van der Waals surface area contributed by atoms with Crippen LogP contribution < -0.4 is 5.32 Å². The van der Waals surface area contributed by atoms with Crippen LogP contribution in [0.5, 0.6) is 0 Å². The van der Waals surface area contributed by atoms with Crippen molar-refractivity contribution in [1.29, 1.82) is 0 Å². The monoisotopic (exact) mass is 315 g/mol. The third kappa shape index (κ3) is 10.3. The van der Waals surface area contributed by atoms with Crippen LogP contribution in [0.25, 0.3) is 0 Å². The highest BCUT2D eigenvalue weighted by molar-refractivity contribution is 5.99. The third-order valence-corrected chi connectivity index (χ3v) is 3.45. The van der Waals surface area contributed by atoms with Gasteiger partial charge in [-0.05, 0) is 12.8 Å². The second-order valence-corrected chi connectivity index (χ2v) is 5.66. The van der Waals surface area contributed by atoms with Gasteiger partial charge in [0.2, 0.25) is 5.91 Å². The SMILES string of the molecule is CCCCCC(=O)CC(=O)N[C@@H](CC(O)CCCC)C(=O)O. The summed E-state index contributed by atoms with van der Waals surface area (Å²) in [6.45, 7) is 4.01.